The molecule has 0 fully saturated rings. The maximum Gasteiger partial charge on any atom is 0.249 e. The SMILES string of the molecule is C=C/C=C(\C=C)CNC(=O)C1=C(N)CN(CC(/C=C\C)=NCC)CC1. The smallest absolute Gasteiger partial charge is 0.249 e. The van der Waals surface area contributed by atoms with Gasteiger partial charge in [-0.1, -0.05) is 37.5 Å². The van der Waals surface area contributed by atoms with Gasteiger partial charge in [0.2, 0.25) is 5.91 Å². The molecule has 1 rings (SSSR count). The molecule has 0 saturated heterocycles. The maximum absolute atomic E-state index is 12.4. The number of nitrogens with zero attached hydrogens (tertiary/aromatic N) is 2. The summed E-state index contributed by atoms with van der Waals surface area (Å²) < 4.78 is 0. The molecule has 3 N–H and O–H groups in total. The van der Waals surface area contributed by atoms with Gasteiger partial charge in [-0.2, -0.15) is 0 Å². The van der Waals surface area contributed by atoms with Crippen LogP contribution in [0.1, 0.15) is 20.3 Å². The molecule has 5 heteroatoms. The van der Waals surface area contributed by atoms with Gasteiger partial charge in [-0.3, -0.25) is 14.7 Å². The average Bonchev–Trinajstić information content (AvgIpc) is 2.59. The lowest BCUT2D eigenvalue weighted by Gasteiger charge is -2.28. The molecule has 0 saturated carbocycles. The number of allylic oxidation sites excluding steroid dienone is 3. The van der Waals surface area contributed by atoms with E-state index in [0.717, 1.165) is 30.9 Å². The molecule has 0 bridgehead atoms. The van der Waals surface area contributed by atoms with Gasteiger partial charge in [0.1, 0.15) is 0 Å². The number of hydrogen-bond acceptors (Lipinski definition) is 4. The van der Waals surface area contributed by atoms with Gasteiger partial charge in [-0.25, -0.2) is 0 Å². The molecule has 0 aromatic carbocycles. The van der Waals surface area contributed by atoms with Crippen molar-refractivity contribution in [2.24, 2.45) is 10.7 Å². The van der Waals surface area contributed by atoms with Crippen LogP contribution in [0.4, 0.5) is 0 Å². The second kappa shape index (κ2) is 11.2. The van der Waals surface area contributed by atoms with E-state index in [1.165, 1.54) is 0 Å². The molecule has 0 aliphatic carbocycles. The Balaban J connectivity index is 2.68. The summed E-state index contributed by atoms with van der Waals surface area (Å²) in [4.78, 5) is 19.1. The molecule has 0 aromatic rings. The van der Waals surface area contributed by atoms with E-state index in [-0.39, 0.29) is 5.91 Å². The van der Waals surface area contributed by atoms with E-state index in [1.807, 2.05) is 32.1 Å². The lowest BCUT2D eigenvalue weighted by Crippen LogP contribution is -2.41. The Morgan fingerprint density at radius 3 is 2.76 bits per heavy atom. The van der Waals surface area contributed by atoms with Crippen LogP contribution in [0, 0.1) is 0 Å². The van der Waals surface area contributed by atoms with Crippen LogP contribution in [-0.4, -0.2) is 49.2 Å². The van der Waals surface area contributed by atoms with E-state index >= 15 is 0 Å². The lowest BCUT2D eigenvalue weighted by molar-refractivity contribution is -0.117. The normalized spacial score (nSPS) is 17.0. The van der Waals surface area contributed by atoms with Crippen molar-refractivity contribution in [1.82, 2.24) is 10.2 Å². The number of hydrogen-bond donors (Lipinski definition) is 2. The van der Waals surface area contributed by atoms with Crippen LogP contribution in [0.3, 0.4) is 0 Å². The summed E-state index contributed by atoms with van der Waals surface area (Å²) in [5.74, 6) is -0.107. The summed E-state index contributed by atoms with van der Waals surface area (Å²) in [6.07, 6.45) is 9.86. The van der Waals surface area contributed by atoms with E-state index < -0.39 is 0 Å². The zero-order valence-electron chi connectivity index (χ0n) is 15.4. The van der Waals surface area contributed by atoms with E-state index in [0.29, 0.717) is 30.8 Å². The Kier molecular flexibility index (Phi) is 9.25. The highest BCUT2D eigenvalue weighted by Gasteiger charge is 2.22. The van der Waals surface area contributed by atoms with Crippen molar-refractivity contribution in [3.63, 3.8) is 0 Å². The first-order valence-electron chi connectivity index (χ1n) is 8.63. The Hall–Kier alpha value is -2.40. The molecule has 1 heterocycles. The van der Waals surface area contributed by atoms with Crippen LogP contribution in [0.25, 0.3) is 0 Å². The minimum atomic E-state index is -0.107. The number of carbonyl (C=O) groups is 1. The number of nitrogens with one attached hydrogen (secondary N) is 1. The Labute approximate surface area is 151 Å². The highest BCUT2D eigenvalue weighted by Crippen LogP contribution is 2.15. The number of carbonyl (C=O) groups excluding carboxylic acids is 1. The largest absolute Gasteiger partial charge is 0.401 e. The second-order valence-corrected chi connectivity index (χ2v) is 5.79. The molecule has 25 heavy (non-hydrogen) atoms. The van der Waals surface area contributed by atoms with Crippen LogP contribution in [0.2, 0.25) is 0 Å². The minimum absolute atomic E-state index is 0.107. The third kappa shape index (κ3) is 6.93. The minimum Gasteiger partial charge on any atom is -0.401 e. The third-order valence-corrected chi connectivity index (χ3v) is 3.89. The van der Waals surface area contributed by atoms with Crippen molar-refractivity contribution in [1.29, 1.82) is 0 Å². The van der Waals surface area contributed by atoms with Crippen molar-refractivity contribution in [3.05, 3.63) is 60.4 Å². The van der Waals surface area contributed by atoms with E-state index in [1.54, 1.807) is 12.2 Å². The van der Waals surface area contributed by atoms with Gasteiger partial charge in [-0.15, -0.1) is 0 Å². The monoisotopic (exact) mass is 342 g/mol. The van der Waals surface area contributed by atoms with Gasteiger partial charge in [0, 0.05) is 49.7 Å². The molecular formula is C20H30N4O. The van der Waals surface area contributed by atoms with Crippen LogP contribution in [0.15, 0.2) is 65.4 Å². The molecule has 0 aromatic heterocycles. The van der Waals surface area contributed by atoms with E-state index in [4.69, 9.17) is 5.73 Å². The molecule has 0 radical (unpaired) electrons. The summed E-state index contributed by atoms with van der Waals surface area (Å²) in [5.41, 5.74) is 9.42. The Bertz CT molecular complexity index is 611. The van der Waals surface area contributed by atoms with Crippen LogP contribution >= 0.6 is 0 Å². The topological polar surface area (TPSA) is 70.7 Å². The van der Waals surface area contributed by atoms with Gasteiger partial charge in [-0.05, 0) is 31.9 Å². The first kappa shape index (κ1) is 20.6. The first-order chi connectivity index (χ1) is 12.0. The van der Waals surface area contributed by atoms with Gasteiger partial charge in [0.15, 0.2) is 0 Å². The third-order valence-electron chi connectivity index (χ3n) is 3.89. The van der Waals surface area contributed by atoms with Gasteiger partial charge in [0.25, 0.3) is 0 Å². The first-order valence-corrected chi connectivity index (χ1v) is 8.63. The van der Waals surface area contributed by atoms with Crippen molar-refractivity contribution >= 4 is 11.6 Å². The summed E-state index contributed by atoms with van der Waals surface area (Å²) in [5, 5.41) is 2.90. The predicted octanol–water partition coefficient (Wildman–Crippen LogP) is 2.36. The number of nitrogens with two attached hydrogens (primary N) is 1. The molecule has 0 unspecified atom stereocenters. The average molecular weight is 342 g/mol. The van der Waals surface area contributed by atoms with Crippen molar-refractivity contribution < 1.29 is 4.79 Å². The highest BCUT2D eigenvalue weighted by molar-refractivity contribution is 5.97. The summed E-state index contributed by atoms with van der Waals surface area (Å²) >= 11 is 0. The lowest BCUT2D eigenvalue weighted by atomic mass is 10.0. The summed E-state index contributed by atoms with van der Waals surface area (Å²) in [7, 11) is 0. The van der Waals surface area contributed by atoms with Gasteiger partial charge >= 0.3 is 0 Å². The highest BCUT2D eigenvalue weighted by atomic mass is 16.1. The molecular weight excluding hydrogens is 312 g/mol. The van der Waals surface area contributed by atoms with Crippen LogP contribution in [-0.2, 0) is 4.79 Å². The molecule has 0 atom stereocenters. The number of rotatable bonds is 9. The van der Waals surface area contributed by atoms with Crippen LogP contribution < -0.4 is 11.1 Å². The predicted molar refractivity (Wildman–Crippen MR) is 107 cm³/mol. The van der Waals surface area contributed by atoms with Gasteiger partial charge in [0.05, 0.1) is 0 Å². The van der Waals surface area contributed by atoms with E-state index in [2.05, 4.69) is 28.4 Å². The maximum atomic E-state index is 12.4. The second-order valence-electron chi connectivity index (χ2n) is 5.79. The molecule has 1 aliphatic rings. The summed E-state index contributed by atoms with van der Waals surface area (Å²) in [6, 6.07) is 0. The zero-order valence-corrected chi connectivity index (χ0v) is 15.4. The molecule has 1 aliphatic heterocycles. The van der Waals surface area contributed by atoms with Gasteiger partial charge < -0.3 is 11.1 Å². The molecule has 5 nitrogen and oxygen atoms in total. The van der Waals surface area contributed by atoms with Crippen LogP contribution in [0.5, 0.6) is 0 Å². The fourth-order valence-electron chi connectivity index (χ4n) is 2.66. The molecule has 0 spiro atoms. The summed E-state index contributed by atoms with van der Waals surface area (Å²) in [6.45, 7) is 14.7. The fraction of sp³-hybridized carbons (Fsp3) is 0.400. The fourth-order valence-corrected chi connectivity index (χ4v) is 2.66. The molecule has 136 valence electrons. The quantitative estimate of drug-likeness (QED) is 0.499. The zero-order chi connectivity index (χ0) is 18.7. The van der Waals surface area contributed by atoms with Crippen molar-refractivity contribution in [2.75, 3.05) is 32.7 Å². The van der Waals surface area contributed by atoms with E-state index in [9.17, 15) is 4.79 Å². The number of aliphatic imine (C=N–C) groups is 1. The number of amides is 1. The standard InChI is InChI=1S/C20H30N4O/c1-5-9-16(7-3)13-23-20(25)18-11-12-24(15-19(18)21)14-17(10-6-2)22-8-4/h5-7,9-10H,1,3,8,11-15,21H2,2,4H3,(H,23,25)/b10-6-,16-9+,22-17?. The van der Waals surface area contributed by atoms with Crippen molar-refractivity contribution in [2.45, 2.75) is 20.3 Å². The Morgan fingerprint density at radius 1 is 1.44 bits per heavy atom. The Morgan fingerprint density at radius 2 is 2.20 bits per heavy atom. The molecule has 1 amide bonds. The van der Waals surface area contributed by atoms with Crippen molar-refractivity contribution in [3.8, 4) is 0 Å².